The lowest BCUT2D eigenvalue weighted by Gasteiger charge is -2.42. The molecule has 0 aromatic rings. The van der Waals surface area contributed by atoms with Crippen molar-refractivity contribution in [2.24, 2.45) is 0 Å². The van der Waals surface area contributed by atoms with Crippen molar-refractivity contribution in [3.05, 3.63) is 0 Å². The minimum absolute atomic E-state index is 0.0597. The molecule has 2 fully saturated rings. The van der Waals surface area contributed by atoms with Crippen LogP contribution in [-0.2, 0) is 4.79 Å². The first-order valence-electron chi connectivity index (χ1n) is 6.99. The van der Waals surface area contributed by atoms with Gasteiger partial charge in [0, 0.05) is 25.2 Å². The van der Waals surface area contributed by atoms with Gasteiger partial charge in [0.2, 0.25) is 5.91 Å². The largest absolute Gasteiger partial charge is 0.353 e. The van der Waals surface area contributed by atoms with Crippen LogP contribution in [0.5, 0.6) is 0 Å². The molecule has 2 N–H and O–H groups in total. The molecule has 0 aromatic carbocycles. The molecule has 4 heteroatoms. The second kappa shape index (κ2) is 5.83. The van der Waals surface area contributed by atoms with Crippen LogP contribution in [0.15, 0.2) is 0 Å². The first-order valence-corrected chi connectivity index (χ1v) is 6.99. The summed E-state index contributed by atoms with van der Waals surface area (Å²) < 4.78 is 0. The summed E-state index contributed by atoms with van der Waals surface area (Å²) in [5, 5.41) is 6.47. The summed E-state index contributed by atoms with van der Waals surface area (Å²) in [4.78, 5) is 14.1. The van der Waals surface area contributed by atoms with Crippen molar-refractivity contribution in [2.75, 3.05) is 19.6 Å². The van der Waals surface area contributed by atoms with Gasteiger partial charge in [0.1, 0.15) is 0 Å². The highest BCUT2D eigenvalue weighted by atomic mass is 16.2. The van der Waals surface area contributed by atoms with Crippen molar-refractivity contribution in [2.45, 2.75) is 57.7 Å². The number of nitrogens with one attached hydrogen (secondary N) is 2. The van der Waals surface area contributed by atoms with Crippen LogP contribution in [0.4, 0.5) is 0 Å². The van der Waals surface area contributed by atoms with Crippen LogP contribution in [0, 0.1) is 0 Å². The average Bonchev–Trinajstić information content (AvgIpc) is 2.34. The molecule has 1 aliphatic carbocycles. The molecule has 1 atom stereocenters. The van der Waals surface area contributed by atoms with E-state index in [-0.39, 0.29) is 11.9 Å². The molecule has 1 aliphatic heterocycles. The van der Waals surface area contributed by atoms with E-state index in [1.807, 2.05) is 6.92 Å². The van der Waals surface area contributed by atoms with Crippen LogP contribution >= 0.6 is 0 Å². The van der Waals surface area contributed by atoms with E-state index in [2.05, 4.69) is 22.5 Å². The summed E-state index contributed by atoms with van der Waals surface area (Å²) >= 11 is 0. The lowest BCUT2D eigenvalue weighted by Crippen LogP contribution is -2.58. The highest BCUT2D eigenvalue weighted by Gasteiger charge is 2.33. The van der Waals surface area contributed by atoms with Gasteiger partial charge in [-0.05, 0) is 39.2 Å². The molecule has 17 heavy (non-hydrogen) atoms. The van der Waals surface area contributed by atoms with Crippen LogP contribution in [0.25, 0.3) is 0 Å². The molecule has 1 saturated carbocycles. The monoisotopic (exact) mass is 239 g/mol. The number of piperazine rings is 1. The first-order chi connectivity index (χ1) is 8.22. The van der Waals surface area contributed by atoms with Crippen molar-refractivity contribution in [1.29, 1.82) is 0 Å². The Balaban J connectivity index is 1.85. The Morgan fingerprint density at radius 1 is 1.35 bits per heavy atom. The van der Waals surface area contributed by atoms with E-state index in [1.165, 1.54) is 25.7 Å². The Labute approximate surface area is 104 Å². The second-order valence-corrected chi connectivity index (χ2v) is 5.27. The molecule has 1 unspecified atom stereocenters. The van der Waals surface area contributed by atoms with Gasteiger partial charge in [-0.2, -0.15) is 0 Å². The van der Waals surface area contributed by atoms with Crippen LogP contribution in [0.1, 0.15) is 39.5 Å². The van der Waals surface area contributed by atoms with E-state index in [0.717, 1.165) is 19.6 Å². The molecule has 2 rings (SSSR count). The third-order valence-corrected chi connectivity index (χ3v) is 4.20. The summed E-state index contributed by atoms with van der Waals surface area (Å²) in [5.41, 5.74) is 0. The van der Waals surface area contributed by atoms with E-state index >= 15 is 0 Å². The Hall–Kier alpha value is -0.610. The van der Waals surface area contributed by atoms with Gasteiger partial charge in [-0.15, -0.1) is 0 Å². The van der Waals surface area contributed by atoms with Gasteiger partial charge in [-0.3, -0.25) is 9.69 Å². The number of carbonyl (C=O) groups excluding carboxylic acids is 1. The third-order valence-electron chi connectivity index (χ3n) is 4.20. The Bertz CT molecular complexity index is 261. The molecule has 1 saturated heterocycles. The van der Waals surface area contributed by atoms with Crippen molar-refractivity contribution < 1.29 is 4.79 Å². The summed E-state index contributed by atoms with van der Waals surface area (Å²) in [6.45, 7) is 7.10. The van der Waals surface area contributed by atoms with Crippen LogP contribution < -0.4 is 10.6 Å². The fraction of sp³-hybridized carbons (Fsp3) is 0.923. The van der Waals surface area contributed by atoms with Crippen molar-refractivity contribution in [3.63, 3.8) is 0 Å². The number of nitrogens with zero attached hydrogens (tertiary/aromatic N) is 1. The maximum Gasteiger partial charge on any atom is 0.237 e. The van der Waals surface area contributed by atoms with E-state index in [1.54, 1.807) is 0 Å². The lowest BCUT2D eigenvalue weighted by molar-refractivity contribution is -0.129. The summed E-state index contributed by atoms with van der Waals surface area (Å²) in [5.74, 6) is 0.199. The molecule has 0 aromatic heterocycles. The van der Waals surface area contributed by atoms with Crippen molar-refractivity contribution >= 4 is 5.91 Å². The molecule has 1 amide bonds. The number of hydrogen-bond acceptors (Lipinski definition) is 3. The number of rotatable bonds is 3. The van der Waals surface area contributed by atoms with E-state index < -0.39 is 0 Å². The molecule has 98 valence electrons. The Kier molecular flexibility index (Phi) is 4.40. The quantitative estimate of drug-likeness (QED) is 0.763. The van der Waals surface area contributed by atoms with Gasteiger partial charge in [-0.1, -0.05) is 6.92 Å². The lowest BCUT2D eigenvalue weighted by atomic mass is 9.89. The van der Waals surface area contributed by atoms with E-state index in [4.69, 9.17) is 0 Å². The van der Waals surface area contributed by atoms with Crippen molar-refractivity contribution in [1.82, 2.24) is 15.5 Å². The van der Waals surface area contributed by atoms with Gasteiger partial charge in [0.25, 0.3) is 0 Å². The minimum Gasteiger partial charge on any atom is -0.353 e. The SMILES string of the molecule is CCNC1CCC(N2CCNC(=O)C2C)CC1. The van der Waals surface area contributed by atoms with Crippen molar-refractivity contribution in [3.8, 4) is 0 Å². The molecule has 4 nitrogen and oxygen atoms in total. The topological polar surface area (TPSA) is 44.4 Å². The molecule has 0 bridgehead atoms. The number of hydrogen-bond donors (Lipinski definition) is 2. The average molecular weight is 239 g/mol. The van der Waals surface area contributed by atoms with Gasteiger partial charge in [0.15, 0.2) is 0 Å². The Morgan fingerprint density at radius 2 is 2.06 bits per heavy atom. The highest BCUT2D eigenvalue weighted by Crippen LogP contribution is 2.25. The smallest absolute Gasteiger partial charge is 0.237 e. The second-order valence-electron chi connectivity index (χ2n) is 5.27. The number of carbonyl (C=O) groups is 1. The highest BCUT2D eigenvalue weighted by molar-refractivity contribution is 5.82. The normalized spacial score (nSPS) is 35.6. The van der Waals surface area contributed by atoms with Gasteiger partial charge < -0.3 is 10.6 Å². The number of amides is 1. The van der Waals surface area contributed by atoms with Crippen LogP contribution in [-0.4, -0.2) is 48.6 Å². The zero-order valence-electron chi connectivity index (χ0n) is 11.0. The third kappa shape index (κ3) is 2.99. The maximum atomic E-state index is 11.6. The predicted molar refractivity (Wildman–Crippen MR) is 68.9 cm³/mol. The van der Waals surface area contributed by atoms with Crippen LogP contribution in [0.2, 0.25) is 0 Å². The Morgan fingerprint density at radius 3 is 2.71 bits per heavy atom. The minimum atomic E-state index is 0.0597. The van der Waals surface area contributed by atoms with Crippen LogP contribution in [0.3, 0.4) is 0 Å². The molecule has 0 spiro atoms. The van der Waals surface area contributed by atoms with Gasteiger partial charge in [0.05, 0.1) is 6.04 Å². The molecule has 1 heterocycles. The van der Waals surface area contributed by atoms with Gasteiger partial charge >= 0.3 is 0 Å². The first kappa shape index (κ1) is 12.8. The fourth-order valence-electron chi connectivity index (χ4n) is 3.20. The fourth-order valence-corrected chi connectivity index (χ4v) is 3.20. The standard InChI is InChI=1S/C13H25N3O/c1-3-14-11-4-6-12(7-5-11)16-9-8-15-13(17)10(16)2/h10-12,14H,3-9H2,1-2H3,(H,15,17). The molecule has 0 radical (unpaired) electrons. The van der Waals surface area contributed by atoms with Gasteiger partial charge in [-0.25, -0.2) is 0 Å². The zero-order valence-corrected chi connectivity index (χ0v) is 11.0. The predicted octanol–water partition coefficient (Wildman–Crippen LogP) is 0.727. The molecular weight excluding hydrogens is 214 g/mol. The molecular formula is C13H25N3O. The van der Waals surface area contributed by atoms with E-state index in [9.17, 15) is 4.79 Å². The summed E-state index contributed by atoms with van der Waals surface area (Å²) in [6.07, 6.45) is 4.97. The summed E-state index contributed by atoms with van der Waals surface area (Å²) in [6, 6.07) is 1.38. The summed E-state index contributed by atoms with van der Waals surface area (Å²) in [7, 11) is 0. The van der Waals surface area contributed by atoms with E-state index in [0.29, 0.717) is 12.1 Å². The zero-order chi connectivity index (χ0) is 12.3. The maximum absolute atomic E-state index is 11.6. The molecule has 2 aliphatic rings.